The van der Waals surface area contributed by atoms with Gasteiger partial charge < -0.3 is 4.74 Å². The smallest absolute Gasteiger partial charge is 0.356 e. The van der Waals surface area contributed by atoms with E-state index in [2.05, 4.69) is 14.7 Å². The first-order valence-corrected chi connectivity index (χ1v) is 4.78. The number of benzene rings is 1. The van der Waals surface area contributed by atoms with Gasteiger partial charge >= 0.3 is 5.97 Å². The molecule has 0 spiro atoms. The molecular formula is C12H10N2O2. The Kier molecular flexibility index (Phi) is 2.91. The van der Waals surface area contributed by atoms with Crippen LogP contribution >= 0.6 is 0 Å². The van der Waals surface area contributed by atoms with Crippen molar-refractivity contribution in [1.29, 1.82) is 0 Å². The average Bonchev–Trinajstić information content (AvgIpc) is 2.39. The molecule has 0 aliphatic rings. The summed E-state index contributed by atoms with van der Waals surface area (Å²) in [6.45, 7) is 0. The molecule has 0 saturated heterocycles. The van der Waals surface area contributed by atoms with Crippen LogP contribution in [0.5, 0.6) is 0 Å². The second-order valence-electron chi connectivity index (χ2n) is 3.12. The summed E-state index contributed by atoms with van der Waals surface area (Å²) in [5, 5.41) is 0. The third-order valence-corrected chi connectivity index (χ3v) is 2.08. The van der Waals surface area contributed by atoms with Gasteiger partial charge in [0.2, 0.25) is 0 Å². The van der Waals surface area contributed by atoms with Crippen molar-refractivity contribution in [3.8, 4) is 11.4 Å². The molecule has 1 aromatic carbocycles. The first-order valence-electron chi connectivity index (χ1n) is 4.78. The van der Waals surface area contributed by atoms with Crippen molar-refractivity contribution in [2.24, 2.45) is 0 Å². The molecule has 0 saturated carbocycles. The van der Waals surface area contributed by atoms with Crippen molar-refractivity contribution < 1.29 is 9.53 Å². The molecule has 2 rings (SSSR count). The Bertz CT molecular complexity index is 497. The zero-order valence-corrected chi connectivity index (χ0v) is 8.75. The van der Waals surface area contributed by atoms with E-state index in [9.17, 15) is 4.79 Å². The molecule has 16 heavy (non-hydrogen) atoms. The van der Waals surface area contributed by atoms with E-state index >= 15 is 0 Å². The molecular weight excluding hydrogens is 204 g/mol. The predicted molar refractivity (Wildman–Crippen MR) is 58.8 cm³/mol. The summed E-state index contributed by atoms with van der Waals surface area (Å²) in [4.78, 5) is 19.5. The van der Waals surface area contributed by atoms with Crippen LogP contribution in [0.3, 0.4) is 0 Å². The largest absolute Gasteiger partial charge is 0.464 e. The number of hydrogen-bond donors (Lipinski definition) is 0. The Balaban J connectivity index is 2.40. The average molecular weight is 214 g/mol. The lowest BCUT2D eigenvalue weighted by Crippen LogP contribution is -2.05. The van der Waals surface area contributed by atoms with Crippen molar-refractivity contribution in [2.45, 2.75) is 0 Å². The van der Waals surface area contributed by atoms with Crippen LogP contribution in [0, 0.1) is 0 Å². The van der Waals surface area contributed by atoms with Gasteiger partial charge in [-0.15, -0.1) is 0 Å². The van der Waals surface area contributed by atoms with Crippen LogP contribution in [-0.2, 0) is 4.74 Å². The van der Waals surface area contributed by atoms with Crippen LogP contribution in [0.4, 0.5) is 0 Å². The van der Waals surface area contributed by atoms with E-state index in [4.69, 9.17) is 0 Å². The maximum atomic E-state index is 11.3. The third-order valence-electron chi connectivity index (χ3n) is 2.08. The van der Waals surface area contributed by atoms with Gasteiger partial charge in [-0.05, 0) is 6.07 Å². The molecule has 0 radical (unpaired) electrons. The predicted octanol–water partition coefficient (Wildman–Crippen LogP) is 1.93. The Labute approximate surface area is 92.9 Å². The maximum absolute atomic E-state index is 11.3. The fourth-order valence-electron chi connectivity index (χ4n) is 1.30. The summed E-state index contributed by atoms with van der Waals surface area (Å²) >= 11 is 0. The van der Waals surface area contributed by atoms with Gasteiger partial charge in [0.25, 0.3) is 0 Å². The van der Waals surface area contributed by atoms with Crippen LogP contribution in [0.25, 0.3) is 11.4 Å². The highest BCUT2D eigenvalue weighted by molar-refractivity contribution is 5.87. The lowest BCUT2D eigenvalue weighted by molar-refractivity contribution is 0.0594. The standard InChI is InChI=1S/C12H10N2O2/c1-16-12(15)10-7-8-13-11(14-10)9-5-3-2-4-6-9/h2-8H,1H3. The molecule has 0 unspecified atom stereocenters. The van der Waals surface area contributed by atoms with Gasteiger partial charge in [-0.3, -0.25) is 0 Å². The van der Waals surface area contributed by atoms with E-state index in [1.165, 1.54) is 13.2 Å². The molecule has 0 atom stereocenters. The van der Waals surface area contributed by atoms with Gasteiger partial charge in [0.05, 0.1) is 7.11 Å². The van der Waals surface area contributed by atoms with Crippen molar-refractivity contribution in [3.05, 3.63) is 48.3 Å². The SMILES string of the molecule is COC(=O)c1ccnc(-c2ccccc2)n1. The minimum absolute atomic E-state index is 0.261. The summed E-state index contributed by atoms with van der Waals surface area (Å²) in [6.07, 6.45) is 1.54. The minimum Gasteiger partial charge on any atom is -0.464 e. The van der Waals surface area contributed by atoms with E-state index in [-0.39, 0.29) is 5.69 Å². The molecule has 0 fully saturated rings. The van der Waals surface area contributed by atoms with Crippen molar-refractivity contribution >= 4 is 5.97 Å². The number of hydrogen-bond acceptors (Lipinski definition) is 4. The molecule has 4 nitrogen and oxygen atoms in total. The molecule has 4 heteroatoms. The van der Waals surface area contributed by atoms with Crippen LogP contribution < -0.4 is 0 Å². The first-order chi connectivity index (χ1) is 7.81. The van der Waals surface area contributed by atoms with Crippen molar-refractivity contribution in [3.63, 3.8) is 0 Å². The first kappa shape index (κ1) is 10.3. The molecule has 2 aromatic rings. The molecule has 0 aliphatic carbocycles. The van der Waals surface area contributed by atoms with E-state index in [1.807, 2.05) is 30.3 Å². The molecule has 0 amide bonds. The molecule has 0 aliphatic heterocycles. The summed E-state index contributed by atoms with van der Waals surface area (Å²) in [5.74, 6) is 0.0584. The molecule has 1 aromatic heterocycles. The number of carbonyl (C=O) groups is 1. The fourth-order valence-corrected chi connectivity index (χ4v) is 1.30. The highest BCUT2D eigenvalue weighted by Gasteiger charge is 2.08. The van der Waals surface area contributed by atoms with Crippen LogP contribution in [0.15, 0.2) is 42.6 Å². The number of ether oxygens (including phenoxy) is 1. The Morgan fingerprint density at radius 1 is 1.19 bits per heavy atom. The van der Waals surface area contributed by atoms with E-state index < -0.39 is 5.97 Å². The van der Waals surface area contributed by atoms with Gasteiger partial charge in [0.1, 0.15) is 0 Å². The Hall–Kier alpha value is -2.23. The number of methoxy groups -OCH3 is 1. The Morgan fingerprint density at radius 3 is 2.62 bits per heavy atom. The van der Waals surface area contributed by atoms with Gasteiger partial charge in [0, 0.05) is 11.8 Å². The molecule has 1 heterocycles. The highest BCUT2D eigenvalue weighted by Crippen LogP contribution is 2.13. The molecule has 0 bridgehead atoms. The maximum Gasteiger partial charge on any atom is 0.356 e. The van der Waals surface area contributed by atoms with Gasteiger partial charge in [0.15, 0.2) is 11.5 Å². The summed E-state index contributed by atoms with van der Waals surface area (Å²) in [5.41, 5.74) is 1.13. The van der Waals surface area contributed by atoms with Crippen LogP contribution in [-0.4, -0.2) is 23.0 Å². The second-order valence-corrected chi connectivity index (χ2v) is 3.12. The number of carbonyl (C=O) groups excluding carboxylic acids is 1. The summed E-state index contributed by atoms with van der Waals surface area (Å²) in [6, 6.07) is 11.0. The molecule has 80 valence electrons. The van der Waals surface area contributed by atoms with Crippen LogP contribution in [0.1, 0.15) is 10.5 Å². The second kappa shape index (κ2) is 4.53. The summed E-state index contributed by atoms with van der Waals surface area (Å²) < 4.78 is 4.60. The third kappa shape index (κ3) is 2.06. The fraction of sp³-hybridized carbons (Fsp3) is 0.0833. The van der Waals surface area contributed by atoms with Crippen molar-refractivity contribution in [1.82, 2.24) is 9.97 Å². The van der Waals surface area contributed by atoms with Crippen molar-refractivity contribution in [2.75, 3.05) is 7.11 Å². The zero-order valence-electron chi connectivity index (χ0n) is 8.75. The number of esters is 1. The van der Waals surface area contributed by atoms with E-state index in [0.29, 0.717) is 5.82 Å². The van der Waals surface area contributed by atoms with E-state index in [1.54, 1.807) is 6.20 Å². The highest BCUT2D eigenvalue weighted by atomic mass is 16.5. The normalized spacial score (nSPS) is 9.81. The lowest BCUT2D eigenvalue weighted by atomic mass is 10.2. The van der Waals surface area contributed by atoms with Crippen LogP contribution in [0.2, 0.25) is 0 Å². The zero-order chi connectivity index (χ0) is 11.4. The Morgan fingerprint density at radius 2 is 1.94 bits per heavy atom. The summed E-state index contributed by atoms with van der Waals surface area (Å²) in [7, 11) is 1.33. The molecule has 0 N–H and O–H groups in total. The number of nitrogens with zero attached hydrogens (tertiary/aromatic N) is 2. The number of aromatic nitrogens is 2. The minimum atomic E-state index is -0.459. The van der Waals surface area contributed by atoms with Gasteiger partial charge in [-0.25, -0.2) is 14.8 Å². The topological polar surface area (TPSA) is 52.1 Å². The quantitative estimate of drug-likeness (QED) is 0.717. The number of rotatable bonds is 2. The van der Waals surface area contributed by atoms with Gasteiger partial charge in [-0.1, -0.05) is 30.3 Å². The monoisotopic (exact) mass is 214 g/mol. The van der Waals surface area contributed by atoms with E-state index in [0.717, 1.165) is 5.56 Å². The lowest BCUT2D eigenvalue weighted by Gasteiger charge is -2.01. The van der Waals surface area contributed by atoms with Gasteiger partial charge in [-0.2, -0.15) is 0 Å².